The van der Waals surface area contributed by atoms with Gasteiger partial charge in [0.05, 0.1) is 25.3 Å². The van der Waals surface area contributed by atoms with Crippen molar-refractivity contribution in [2.45, 2.75) is 38.3 Å². The molecule has 1 N–H and O–H groups in total. The molecule has 2 atom stereocenters. The SMILES string of the molecule is CCOC(=O)N1CCC(N[C@@H]2COC[C@H]2Cc2ccnc3ccccc23)CC1. The number of piperidine rings is 1. The summed E-state index contributed by atoms with van der Waals surface area (Å²) < 4.78 is 10.9. The van der Waals surface area contributed by atoms with Crippen LogP contribution in [-0.2, 0) is 15.9 Å². The Labute approximate surface area is 166 Å². The van der Waals surface area contributed by atoms with Gasteiger partial charge in [0.15, 0.2) is 0 Å². The smallest absolute Gasteiger partial charge is 0.409 e. The van der Waals surface area contributed by atoms with E-state index in [2.05, 4.69) is 34.6 Å². The third-order valence-electron chi connectivity index (χ3n) is 5.89. The van der Waals surface area contributed by atoms with Crippen LogP contribution in [0.2, 0.25) is 0 Å². The fourth-order valence-corrected chi connectivity index (χ4v) is 4.35. The Morgan fingerprint density at radius 2 is 2.07 bits per heavy atom. The first-order chi connectivity index (χ1) is 13.7. The zero-order valence-corrected chi connectivity index (χ0v) is 16.5. The summed E-state index contributed by atoms with van der Waals surface area (Å²) in [5.74, 6) is 0.453. The number of ether oxygens (including phenoxy) is 2. The average molecular weight is 383 g/mol. The van der Waals surface area contributed by atoms with Crippen LogP contribution in [0.5, 0.6) is 0 Å². The minimum absolute atomic E-state index is 0.187. The summed E-state index contributed by atoms with van der Waals surface area (Å²) in [6.07, 6.45) is 4.62. The summed E-state index contributed by atoms with van der Waals surface area (Å²) >= 11 is 0. The van der Waals surface area contributed by atoms with Gasteiger partial charge in [0.1, 0.15) is 0 Å². The topological polar surface area (TPSA) is 63.7 Å². The van der Waals surface area contributed by atoms with Crippen molar-refractivity contribution in [3.05, 3.63) is 42.1 Å². The van der Waals surface area contributed by atoms with E-state index in [4.69, 9.17) is 9.47 Å². The molecule has 0 bridgehead atoms. The van der Waals surface area contributed by atoms with Crippen molar-refractivity contribution in [3.8, 4) is 0 Å². The molecule has 2 fully saturated rings. The second-order valence-corrected chi connectivity index (χ2v) is 7.72. The van der Waals surface area contributed by atoms with E-state index < -0.39 is 0 Å². The standard InChI is InChI=1S/C22H29N3O3/c1-2-28-22(26)25-11-8-18(9-12-25)24-21-15-27-14-17(21)13-16-7-10-23-20-6-4-3-5-19(16)20/h3-7,10,17-18,21,24H,2,8-9,11-15H2,1H3/t17-,21-/m1/s1. The number of pyridine rings is 1. The van der Waals surface area contributed by atoms with E-state index >= 15 is 0 Å². The number of nitrogens with one attached hydrogen (secondary N) is 1. The van der Waals surface area contributed by atoms with Gasteiger partial charge in [-0.25, -0.2) is 4.79 Å². The summed E-state index contributed by atoms with van der Waals surface area (Å²) in [6, 6.07) is 11.2. The van der Waals surface area contributed by atoms with Crippen molar-refractivity contribution < 1.29 is 14.3 Å². The molecule has 3 heterocycles. The number of para-hydroxylation sites is 1. The summed E-state index contributed by atoms with van der Waals surface area (Å²) in [5.41, 5.74) is 2.39. The molecular formula is C22H29N3O3. The number of aromatic nitrogens is 1. The summed E-state index contributed by atoms with van der Waals surface area (Å²) in [6.45, 7) is 5.33. The number of amides is 1. The maximum absolute atomic E-state index is 11.9. The van der Waals surface area contributed by atoms with Gasteiger partial charge in [-0.05, 0) is 43.9 Å². The molecule has 0 saturated carbocycles. The molecule has 0 radical (unpaired) electrons. The Kier molecular flexibility index (Phi) is 6.07. The first kappa shape index (κ1) is 19.2. The Bertz CT molecular complexity index is 799. The number of hydrogen-bond donors (Lipinski definition) is 1. The van der Waals surface area contributed by atoms with Crippen LogP contribution < -0.4 is 5.32 Å². The number of likely N-dealkylation sites (tertiary alicyclic amines) is 1. The number of nitrogens with zero attached hydrogens (tertiary/aromatic N) is 2. The molecule has 150 valence electrons. The van der Waals surface area contributed by atoms with Gasteiger partial charge in [0.2, 0.25) is 0 Å². The maximum atomic E-state index is 11.9. The molecule has 1 aromatic heterocycles. The molecule has 0 aliphatic carbocycles. The Morgan fingerprint density at radius 3 is 2.89 bits per heavy atom. The van der Waals surface area contributed by atoms with Crippen molar-refractivity contribution in [2.75, 3.05) is 32.9 Å². The van der Waals surface area contributed by atoms with Crippen molar-refractivity contribution in [1.82, 2.24) is 15.2 Å². The van der Waals surface area contributed by atoms with Crippen molar-refractivity contribution in [2.24, 2.45) is 5.92 Å². The molecule has 4 rings (SSSR count). The molecule has 6 heteroatoms. The Balaban J connectivity index is 1.35. The van der Waals surface area contributed by atoms with Crippen LogP contribution in [0.25, 0.3) is 10.9 Å². The van der Waals surface area contributed by atoms with Crippen molar-refractivity contribution in [3.63, 3.8) is 0 Å². The maximum Gasteiger partial charge on any atom is 0.409 e. The predicted molar refractivity (Wildman–Crippen MR) is 108 cm³/mol. The number of carbonyl (C=O) groups is 1. The molecular weight excluding hydrogens is 354 g/mol. The zero-order valence-electron chi connectivity index (χ0n) is 16.5. The van der Waals surface area contributed by atoms with Crippen LogP contribution in [0.1, 0.15) is 25.3 Å². The van der Waals surface area contributed by atoms with Gasteiger partial charge in [-0.15, -0.1) is 0 Å². The Morgan fingerprint density at radius 1 is 1.25 bits per heavy atom. The quantitative estimate of drug-likeness (QED) is 0.860. The fourth-order valence-electron chi connectivity index (χ4n) is 4.35. The van der Waals surface area contributed by atoms with E-state index in [0.717, 1.165) is 51.1 Å². The van der Waals surface area contributed by atoms with E-state index in [-0.39, 0.29) is 6.09 Å². The number of benzene rings is 1. The van der Waals surface area contributed by atoms with Gasteiger partial charge in [0.25, 0.3) is 0 Å². The van der Waals surface area contributed by atoms with E-state index in [1.165, 1.54) is 10.9 Å². The molecule has 0 unspecified atom stereocenters. The van der Waals surface area contributed by atoms with Gasteiger partial charge in [0, 0.05) is 42.7 Å². The third-order valence-corrected chi connectivity index (χ3v) is 5.89. The molecule has 2 aliphatic heterocycles. The number of fused-ring (bicyclic) bond motifs is 1. The Hall–Kier alpha value is -2.18. The molecule has 28 heavy (non-hydrogen) atoms. The summed E-state index contributed by atoms with van der Waals surface area (Å²) in [7, 11) is 0. The van der Waals surface area contributed by atoms with Crippen molar-refractivity contribution in [1.29, 1.82) is 0 Å². The van der Waals surface area contributed by atoms with E-state index in [9.17, 15) is 4.79 Å². The van der Waals surface area contributed by atoms with Crippen molar-refractivity contribution >= 4 is 17.0 Å². The van der Waals surface area contributed by atoms with Gasteiger partial charge in [-0.2, -0.15) is 0 Å². The van der Waals surface area contributed by atoms with Gasteiger partial charge in [-0.3, -0.25) is 4.98 Å². The van der Waals surface area contributed by atoms with Crippen LogP contribution in [0.3, 0.4) is 0 Å². The van der Waals surface area contributed by atoms with Crippen LogP contribution in [-0.4, -0.2) is 61.0 Å². The lowest BCUT2D eigenvalue weighted by Gasteiger charge is -2.34. The molecule has 2 saturated heterocycles. The molecule has 2 aromatic rings. The van der Waals surface area contributed by atoms with Gasteiger partial charge in [-0.1, -0.05) is 18.2 Å². The lowest BCUT2D eigenvalue weighted by molar-refractivity contribution is 0.0934. The summed E-state index contributed by atoms with van der Waals surface area (Å²) in [4.78, 5) is 18.2. The molecule has 6 nitrogen and oxygen atoms in total. The largest absolute Gasteiger partial charge is 0.450 e. The zero-order chi connectivity index (χ0) is 19.3. The van der Waals surface area contributed by atoms with Crippen LogP contribution in [0, 0.1) is 5.92 Å². The lowest BCUT2D eigenvalue weighted by atomic mass is 9.92. The molecule has 0 spiro atoms. The number of carbonyl (C=O) groups excluding carboxylic acids is 1. The highest BCUT2D eigenvalue weighted by atomic mass is 16.6. The van der Waals surface area contributed by atoms with Crippen LogP contribution >= 0.6 is 0 Å². The van der Waals surface area contributed by atoms with Crippen LogP contribution in [0.15, 0.2) is 36.5 Å². The lowest BCUT2D eigenvalue weighted by Crippen LogP contribution is -2.49. The highest BCUT2D eigenvalue weighted by Gasteiger charge is 2.32. The average Bonchev–Trinajstić information content (AvgIpc) is 3.15. The van der Waals surface area contributed by atoms with E-state index in [1.54, 1.807) is 0 Å². The highest BCUT2D eigenvalue weighted by molar-refractivity contribution is 5.81. The second kappa shape index (κ2) is 8.88. The van der Waals surface area contributed by atoms with Crippen LogP contribution in [0.4, 0.5) is 4.79 Å². The molecule has 1 amide bonds. The first-order valence-corrected chi connectivity index (χ1v) is 10.3. The highest BCUT2D eigenvalue weighted by Crippen LogP contribution is 2.25. The van der Waals surface area contributed by atoms with E-state index in [0.29, 0.717) is 24.6 Å². The predicted octanol–water partition coefficient (Wildman–Crippen LogP) is 3.00. The fraction of sp³-hybridized carbons (Fsp3) is 0.545. The second-order valence-electron chi connectivity index (χ2n) is 7.72. The first-order valence-electron chi connectivity index (χ1n) is 10.3. The normalized spacial score (nSPS) is 23.2. The number of hydrogen-bond acceptors (Lipinski definition) is 5. The number of rotatable bonds is 5. The van der Waals surface area contributed by atoms with Gasteiger partial charge < -0.3 is 19.7 Å². The summed E-state index contributed by atoms with van der Waals surface area (Å²) in [5, 5.41) is 5.04. The minimum Gasteiger partial charge on any atom is -0.450 e. The molecule has 2 aliphatic rings. The third kappa shape index (κ3) is 4.28. The molecule has 1 aromatic carbocycles. The minimum atomic E-state index is -0.187. The van der Waals surface area contributed by atoms with Gasteiger partial charge >= 0.3 is 6.09 Å². The van der Waals surface area contributed by atoms with E-state index in [1.807, 2.05) is 24.1 Å². The monoisotopic (exact) mass is 383 g/mol.